The minimum atomic E-state index is 1.00. The summed E-state index contributed by atoms with van der Waals surface area (Å²) in [6, 6.07) is 6.11. The molecule has 2 rings (SSSR count). The molecule has 1 heteroatoms. The van der Waals surface area contributed by atoms with E-state index in [9.17, 15) is 0 Å². The van der Waals surface area contributed by atoms with Gasteiger partial charge in [-0.15, -0.1) is 0 Å². The van der Waals surface area contributed by atoms with E-state index >= 15 is 0 Å². The average Bonchev–Trinajstić information content (AvgIpc) is 2.45. The molecule has 0 amide bonds. The van der Waals surface area contributed by atoms with Crippen molar-refractivity contribution in [3.8, 4) is 0 Å². The molecule has 0 unspecified atom stereocenters. The summed E-state index contributed by atoms with van der Waals surface area (Å²) in [5, 5.41) is 0. The van der Waals surface area contributed by atoms with Gasteiger partial charge in [0.1, 0.15) is 11.2 Å². The average molecular weight is 120 g/mol. The van der Waals surface area contributed by atoms with Crippen LogP contribution in [0, 0.1) is 0 Å². The van der Waals surface area contributed by atoms with Crippen LogP contribution in [0.4, 0.5) is 0 Å². The molecule has 0 radical (unpaired) electrons. The van der Waals surface area contributed by atoms with Crippen LogP contribution in [-0.2, 0) is 6.42 Å². The minimum absolute atomic E-state index is 1.00. The first-order valence-electron chi connectivity index (χ1n) is 3.21. The summed E-state index contributed by atoms with van der Waals surface area (Å²) >= 11 is 0. The Morgan fingerprint density at radius 2 is 2.33 bits per heavy atom. The van der Waals surface area contributed by atoms with Gasteiger partial charge in [0.05, 0.1) is 0 Å². The number of fused-ring (bicyclic) bond motifs is 2. The van der Waals surface area contributed by atoms with Crippen LogP contribution >= 0.6 is 0 Å². The van der Waals surface area contributed by atoms with Crippen molar-refractivity contribution >= 4 is 11.2 Å². The second kappa shape index (κ2) is 1.50. The standard InChI is InChI=1S/C8H8O/c1-2-6-5-7-3-4-8(6)9-7/h3-5H,2H2,1H3. The van der Waals surface area contributed by atoms with Crippen molar-refractivity contribution in [3.63, 3.8) is 0 Å². The summed E-state index contributed by atoms with van der Waals surface area (Å²) in [6.07, 6.45) is 1.07. The third-order valence-electron chi connectivity index (χ3n) is 1.64. The molecule has 2 bridgehead atoms. The fraction of sp³-hybridized carbons (Fsp3) is 0.250. The Hall–Kier alpha value is -0.980. The van der Waals surface area contributed by atoms with Crippen molar-refractivity contribution in [2.45, 2.75) is 13.3 Å². The van der Waals surface area contributed by atoms with Gasteiger partial charge in [0.15, 0.2) is 0 Å². The molecule has 2 aromatic rings. The van der Waals surface area contributed by atoms with Crippen molar-refractivity contribution in [2.75, 3.05) is 0 Å². The number of hydrogen-bond acceptors (Lipinski definition) is 1. The van der Waals surface area contributed by atoms with E-state index in [4.69, 9.17) is 4.42 Å². The molecule has 0 aliphatic heterocycles. The molecule has 2 heterocycles. The van der Waals surface area contributed by atoms with Crippen LogP contribution in [0.15, 0.2) is 22.6 Å². The first kappa shape index (κ1) is 4.86. The van der Waals surface area contributed by atoms with E-state index in [1.54, 1.807) is 0 Å². The lowest BCUT2D eigenvalue weighted by atomic mass is 10.2. The number of rotatable bonds is 1. The van der Waals surface area contributed by atoms with Gasteiger partial charge in [0, 0.05) is 0 Å². The zero-order chi connectivity index (χ0) is 6.27. The van der Waals surface area contributed by atoms with E-state index in [0.717, 1.165) is 17.6 Å². The first-order valence-corrected chi connectivity index (χ1v) is 3.21. The van der Waals surface area contributed by atoms with Crippen molar-refractivity contribution in [3.05, 3.63) is 23.8 Å². The lowest BCUT2D eigenvalue weighted by Gasteiger charge is -1.84. The van der Waals surface area contributed by atoms with Crippen LogP contribution in [0.3, 0.4) is 0 Å². The smallest absolute Gasteiger partial charge is 0.130 e. The molecule has 0 aliphatic rings. The van der Waals surface area contributed by atoms with Crippen molar-refractivity contribution in [1.82, 2.24) is 0 Å². The third-order valence-corrected chi connectivity index (χ3v) is 1.64. The van der Waals surface area contributed by atoms with Crippen molar-refractivity contribution in [1.29, 1.82) is 0 Å². The zero-order valence-electron chi connectivity index (χ0n) is 5.35. The van der Waals surface area contributed by atoms with Gasteiger partial charge in [0.25, 0.3) is 0 Å². The third kappa shape index (κ3) is 0.545. The highest BCUT2D eigenvalue weighted by molar-refractivity contribution is 5.65. The van der Waals surface area contributed by atoms with E-state index in [-0.39, 0.29) is 0 Å². The molecule has 0 aliphatic carbocycles. The molecule has 0 fully saturated rings. The molecule has 0 N–H and O–H groups in total. The van der Waals surface area contributed by atoms with Crippen LogP contribution < -0.4 is 0 Å². The highest BCUT2D eigenvalue weighted by Gasteiger charge is 2.02. The summed E-state index contributed by atoms with van der Waals surface area (Å²) in [4.78, 5) is 0. The van der Waals surface area contributed by atoms with E-state index in [1.807, 2.05) is 12.1 Å². The van der Waals surface area contributed by atoms with E-state index in [2.05, 4.69) is 13.0 Å². The summed E-state index contributed by atoms with van der Waals surface area (Å²) in [5.74, 6) is 0. The molecule has 0 saturated carbocycles. The van der Waals surface area contributed by atoms with Gasteiger partial charge in [-0.1, -0.05) is 6.92 Å². The number of hydrogen-bond donors (Lipinski definition) is 0. The second-order valence-electron chi connectivity index (χ2n) is 2.23. The predicted octanol–water partition coefficient (Wildman–Crippen LogP) is 2.43. The molecular formula is C8H8O. The van der Waals surface area contributed by atoms with Gasteiger partial charge in [0.2, 0.25) is 0 Å². The molecule has 0 saturated heterocycles. The zero-order valence-corrected chi connectivity index (χ0v) is 5.35. The Balaban J connectivity index is 2.72. The topological polar surface area (TPSA) is 13.1 Å². The number of benzene rings is 1. The number of aryl methyl sites for hydroxylation is 1. The van der Waals surface area contributed by atoms with Gasteiger partial charge >= 0.3 is 0 Å². The SMILES string of the molecule is CCc1cc2ccc1o2. The van der Waals surface area contributed by atoms with E-state index in [1.165, 1.54) is 5.56 Å². The maximum Gasteiger partial charge on any atom is 0.130 e. The summed E-state index contributed by atoms with van der Waals surface area (Å²) in [5.41, 5.74) is 3.38. The molecular weight excluding hydrogens is 112 g/mol. The minimum Gasteiger partial charge on any atom is -0.457 e. The molecule has 46 valence electrons. The highest BCUT2D eigenvalue weighted by atomic mass is 16.3. The quantitative estimate of drug-likeness (QED) is 0.563. The van der Waals surface area contributed by atoms with Crippen LogP contribution in [0.1, 0.15) is 12.5 Å². The Kier molecular flexibility index (Phi) is 0.810. The molecule has 0 atom stereocenters. The Morgan fingerprint density at radius 1 is 1.44 bits per heavy atom. The van der Waals surface area contributed by atoms with E-state index in [0.29, 0.717) is 0 Å². The Labute approximate surface area is 53.6 Å². The fourth-order valence-electron chi connectivity index (χ4n) is 1.12. The monoisotopic (exact) mass is 120 g/mol. The first-order chi connectivity index (χ1) is 4.40. The Morgan fingerprint density at radius 3 is 2.67 bits per heavy atom. The lowest BCUT2D eigenvalue weighted by molar-refractivity contribution is 0.673. The Bertz CT molecular complexity index is 295. The second-order valence-corrected chi connectivity index (χ2v) is 2.23. The molecule has 1 nitrogen and oxygen atoms in total. The van der Waals surface area contributed by atoms with Gasteiger partial charge in [-0.05, 0) is 30.2 Å². The lowest BCUT2D eigenvalue weighted by Crippen LogP contribution is -1.72. The maximum atomic E-state index is 5.31. The van der Waals surface area contributed by atoms with Crippen molar-refractivity contribution < 1.29 is 4.42 Å². The van der Waals surface area contributed by atoms with Gasteiger partial charge < -0.3 is 4.42 Å². The summed E-state index contributed by atoms with van der Waals surface area (Å²) in [7, 11) is 0. The normalized spacial score (nSPS) is 11.2. The molecule has 2 aromatic heterocycles. The summed E-state index contributed by atoms with van der Waals surface area (Å²) < 4.78 is 5.31. The van der Waals surface area contributed by atoms with Crippen LogP contribution in [-0.4, -0.2) is 0 Å². The number of furan rings is 2. The van der Waals surface area contributed by atoms with Crippen LogP contribution in [0.5, 0.6) is 0 Å². The van der Waals surface area contributed by atoms with E-state index < -0.39 is 0 Å². The molecule has 0 aromatic carbocycles. The molecule has 9 heavy (non-hydrogen) atoms. The van der Waals surface area contributed by atoms with Gasteiger partial charge in [-0.3, -0.25) is 0 Å². The highest BCUT2D eigenvalue weighted by Crippen LogP contribution is 2.21. The van der Waals surface area contributed by atoms with Gasteiger partial charge in [-0.2, -0.15) is 0 Å². The van der Waals surface area contributed by atoms with Crippen LogP contribution in [0.2, 0.25) is 0 Å². The predicted molar refractivity (Wildman–Crippen MR) is 36.8 cm³/mol. The van der Waals surface area contributed by atoms with Crippen molar-refractivity contribution in [2.24, 2.45) is 0 Å². The maximum absolute atomic E-state index is 5.31. The largest absolute Gasteiger partial charge is 0.457 e. The van der Waals surface area contributed by atoms with Gasteiger partial charge in [-0.25, -0.2) is 0 Å². The van der Waals surface area contributed by atoms with Crippen LogP contribution in [0.25, 0.3) is 11.2 Å². The summed E-state index contributed by atoms with van der Waals surface area (Å²) in [6.45, 7) is 2.14. The fourth-order valence-corrected chi connectivity index (χ4v) is 1.12. The molecule has 0 spiro atoms.